The Morgan fingerprint density at radius 1 is 1.53 bits per heavy atom. The summed E-state index contributed by atoms with van der Waals surface area (Å²) in [6.45, 7) is 0.476. The fourth-order valence-corrected chi connectivity index (χ4v) is 1.54. The van der Waals surface area contributed by atoms with Crippen molar-refractivity contribution in [2.45, 2.75) is 6.42 Å². The number of rotatable bonds is 1. The van der Waals surface area contributed by atoms with Crippen LogP contribution in [0, 0.1) is 5.82 Å². The van der Waals surface area contributed by atoms with Gasteiger partial charge in [-0.2, -0.15) is 0 Å². The van der Waals surface area contributed by atoms with Gasteiger partial charge in [-0.1, -0.05) is 22.4 Å². The molecule has 1 aliphatic heterocycles. The highest BCUT2D eigenvalue weighted by Gasteiger charge is 2.14. The Balaban J connectivity index is 2.39. The summed E-state index contributed by atoms with van der Waals surface area (Å²) >= 11 is 5.82. The van der Waals surface area contributed by atoms with Gasteiger partial charge in [0.05, 0.1) is 10.6 Å². The summed E-state index contributed by atoms with van der Waals surface area (Å²) in [6, 6.07) is 4.44. The van der Waals surface area contributed by atoms with Crippen molar-refractivity contribution in [3.63, 3.8) is 0 Å². The van der Waals surface area contributed by atoms with Gasteiger partial charge in [-0.25, -0.2) is 4.39 Å². The highest BCUT2D eigenvalue weighted by molar-refractivity contribution is 6.32. The summed E-state index contributed by atoms with van der Waals surface area (Å²) < 4.78 is 14.7. The third-order valence-corrected chi connectivity index (χ3v) is 2.40. The lowest BCUT2D eigenvalue weighted by molar-refractivity contribution is -0.519. The number of hydrazone groups is 1. The molecule has 3 nitrogen and oxygen atoms in total. The van der Waals surface area contributed by atoms with Crippen molar-refractivity contribution in [1.29, 1.82) is 0 Å². The quantitative estimate of drug-likeness (QED) is 0.658. The van der Waals surface area contributed by atoms with Crippen LogP contribution in [0.2, 0.25) is 5.02 Å². The molecular weight excluding hydrogens is 219 g/mol. The van der Waals surface area contributed by atoms with Crippen LogP contribution in [0.5, 0.6) is 0 Å². The molecule has 0 aliphatic carbocycles. The van der Waals surface area contributed by atoms with Gasteiger partial charge < -0.3 is 5.11 Å². The molecule has 1 aromatic carbocycles. The largest absolute Gasteiger partial charge is 0.857 e. The van der Waals surface area contributed by atoms with Crippen molar-refractivity contribution >= 4 is 23.7 Å². The number of hydrogen-bond donors (Lipinski definition) is 0. The normalized spacial score (nSPS) is 18.3. The fraction of sp³-hybridized carbons (Fsp3) is 0.200. The smallest absolute Gasteiger partial charge is 0.207 e. The monoisotopic (exact) mass is 226 g/mol. The van der Waals surface area contributed by atoms with Crippen LogP contribution in [0.25, 0.3) is 0 Å². The van der Waals surface area contributed by atoms with Gasteiger partial charge in [0.2, 0.25) is 6.21 Å². The van der Waals surface area contributed by atoms with E-state index in [9.17, 15) is 9.50 Å². The maximum atomic E-state index is 13.3. The van der Waals surface area contributed by atoms with E-state index in [2.05, 4.69) is 5.10 Å². The fourth-order valence-electron chi connectivity index (χ4n) is 1.33. The number of benzene rings is 1. The second-order valence-electron chi connectivity index (χ2n) is 3.17. The molecule has 0 atom stereocenters. The lowest BCUT2D eigenvalue weighted by atomic mass is 10.2. The van der Waals surface area contributed by atoms with Gasteiger partial charge in [-0.15, -0.1) is 0 Å². The maximum absolute atomic E-state index is 13.3. The van der Waals surface area contributed by atoms with E-state index in [0.717, 1.165) is 0 Å². The second-order valence-corrected chi connectivity index (χ2v) is 3.58. The molecular formula is C10H8ClFN2O. The van der Waals surface area contributed by atoms with Gasteiger partial charge in [0.25, 0.3) is 0 Å². The summed E-state index contributed by atoms with van der Waals surface area (Å²) in [4.78, 5) is 0. The molecule has 0 spiro atoms. The van der Waals surface area contributed by atoms with E-state index in [-0.39, 0.29) is 11.5 Å². The van der Waals surface area contributed by atoms with E-state index in [1.807, 2.05) is 0 Å². The third kappa shape index (κ3) is 2.15. The van der Waals surface area contributed by atoms with Crippen molar-refractivity contribution < 1.29 is 14.2 Å². The van der Waals surface area contributed by atoms with Gasteiger partial charge in [0.1, 0.15) is 5.82 Å². The maximum Gasteiger partial charge on any atom is 0.207 e. The third-order valence-electron chi connectivity index (χ3n) is 2.07. The summed E-state index contributed by atoms with van der Waals surface area (Å²) in [5.41, 5.74) is 0.262. The molecule has 5 heteroatoms. The predicted molar refractivity (Wildman–Crippen MR) is 53.8 cm³/mol. The minimum atomic E-state index is -0.419. The lowest BCUT2D eigenvalue weighted by Crippen LogP contribution is -2.13. The number of halogens is 2. The molecule has 78 valence electrons. The van der Waals surface area contributed by atoms with E-state index >= 15 is 0 Å². The van der Waals surface area contributed by atoms with Crippen LogP contribution in [0.3, 0.4) is 0 Å². The van der Waals surface area contributed by atoms with Gasteiger partial charge in [0, 0.05) is 12.3 Å². The van der Waals surface area contributed by atoms with Gasteiger partial charge in [0.15, 0.2) is 6.54 Å². The molecule has 0 bridgehead atoms. The zero-order valence-corrected chi connectivity index (χ0v) is 8.54. The van der Waals surface area contributed by atoms with Crippen molar-refractivity contribution in [2.24, 2.45) is 5.10 Å². The Bertz CT molecular complexity index is 436. The first kappa shape index (κ1) is 10.1. The molecule has 0 saturated carbocycles. The SMILES string of the molecule is [O-]C1=N/[N+](=C/c2c(F)cccc2Cl)CC1. The molecule has 0 aromatic heterocycles. The van der Waals surface area contributed by atoms with Gasteiger partial charge in [-0.3, -0.25) is 0 Å². The number of hydrogen-bond acceptors (Lipinski definition) is 2. The van der Waals surface area contributed by atoms with E-state index in [1.165, 1.54) is 23.0 Å². The summed E-state index contributed by atoms with van der Waals surface area (Å²) in [5.74, 6) is -0.615. The minimum Gasteiger partial charge on any atom is -0.857 e. The first-order valence-corrected chi connectivity index (χ1v) is 4.84. The predicted octanol–water partition coefficient (Wildman–Crippen LogP) is 0.988. The van der Waals surface area contributed by atoms with Crippen LogP contribution >= 0.6 is 11.6 Å². The first-order valence-electron chi connectivity index (χ1n) is 4.47. The molecule has 1 heterocycles. The molecule has 1 aliphatic rings. The molecule has 0 unspecified atom stereocenters. The topological polar surface area (TPSA) is 38.4 Å². The zero-order chi connectivity index (χ0) is 10.8. The van der Waals surface area contributed by atoms with E-state index in [4.69, 9.17) is 11.6 Å². The Labute approximate surface area is 91.1 Å². The van der Waals surface area contributed by atoms with Gasteiger partial charge in [-0.05, 0) is 17.2 Å². The summed E-state index contributed by atoms with van der Waals surface area (Å²) in [7, 11) is 0. The zero-order valence-electron chi connectivity index (χ0n) is 7.78. The molecule has 0 saturated heterocycles. The van der Waals surface area contributed by atoms with Gasteiger partial charge >= 0.3 is 0 Å². The Morgan fingerprint density at radius 2 is 2.33 bits per heavy atom. The molecule has 0 amide bonds. The molecule has 15 heavy (non-hydrogen) atoms. The minimum absolute atomic E-state index is 0.196. The van der Waals surface area contributed by atoms with Crippen LogP contribution in [0.15, 0.2) is 23.3 Å². The summed E-state index contributed by atoms with van der Waals surface area (Å²) in [5, 5.41) is 14.8. The van der Waals surface area contributed by atoms with Crippen LogP contribution in [0.4, 0.5) is 4.39 Å². The van der Waals surface area contributed by atoms with Crippen LogP contribution < -0.4 is 5.11 Å². The average molecular weight is 227 g/mol. The second kappa shape index (κ2) is 3.98. The van der Waals surface area contributed by atoms with E-state index in [1.54, 1.807) is 6.07 Å². The van der Waals surface area contributed by atoms with Crippen LogP contribution in [0.1, 0.15) is 12.0 Å². The Hall–Kier alpha value is -1.42. The lowest BCUT2D eigenvalue weighted by Gasteiger charge is -1.96. The standard InChI is InChI=1S/C10H8ClFN2O/c11-8-2-1-3-9(12)7(8)6-14-5-4-10(15)13-14/h1-3,6H,4-5H2/b14-6+. The molecule has 0 radical (unpaired) electrons. The Morgan fingerprint density at radius 3 is 2.93 bits per heavy atom. The average Bonchev–Trinajstić information content (AvgIpc) is 2.58. The first-order chi connectivity index (χ1) is 7.16. The highest BCUT2D eigenvalue weighted by atomic mass is 35.5. The molecule has 0 N–H and O–H groups in total. The summed E-state index contributed by atoms with van der Waals surface area (Å²) in [6.07, 6.45) is 1.81. The molecule has 0 fully saturated rings. The highest BCUT2D eigenvalue weighted by Crippen LogP contribution is 2.16. The van der Waals surface area contributed by atoms with Crippen molar-refractivity contribution in [1.82, 2.24) is 0 Å². The molecule has 1 aromatic rings. The van der Waals surface area contributed by atoms with E-state index < -0.39 is 5.82 Å². The van der Waals surface area contributed by atoms with Crippen molar-refractivity contribution in [3.05, 3.63) is 34.6 Å². The van der Waals surface area contributed by atoms with Crippen molar-refractivity contribution in [3.8, 4) is 0 Å². The number of nitrogens with zero attached hydrogens (tertiary/aromatic N) is 2. The van der Waals surface area contributed by atoms with E-state index in [0.29, 0.717) is 18.0 Å². The van der Waals surface area contributed by atoms with Crippen LogP contribution in [-0.4, -0.2) is 23.3 Å². The molecule has 2 rings (SSSR count). The Kier molecular flexibility index (Phi) is 2.68. The van der Waals surface area contributed by atoms with Crippen molar-refractivity contribution in [2.75, 3.05) is 6.54 Å². The van der Waals surface area contributed by atoms with Crippen LogP contribution in [-0.2, 0) is 0 Å².